The van der Waals surface area contributed by atoms with Crippen molar-refractivity contribution >= 4 is 35.4 Å². The Kier molecular flexibility index (Phi) is 4.51. The van der Waals surface area contributed by atoms with Crippen molar-refractivity contribution in [2.45, 2.75) is 23.6 Å². The molecular formula is C13H14N4O6S2. The number of nitrogens with zero attached hydrogens (tertiary/aromatic N) is 3. The van der Waals surface area contributed by atoms with Crippen LogP contribution >= 0.6 is 23.5 Å². The number of hydrogen-bond donors (Lipinski definition) is 3. The zero-order valence-corrected chi connectivity index (χ0v) is 14.8. The van der Waals surface area contributed by atoms with E-state index in [2.05, 4.69) is 10.2 Å². The molecule has 0 unspecified atom stereocenters. The molecule has 1 amide bonds. The lowest BCUT2D eigenvalue weighted by atomic mass is 9.92. The number of aromatic nitrogens is 3. The number of amides is 1. The van der Waals surface area contributed by atoms with Crippen molar-refractivity contribution in [1.29, 1.82) is 0 Å². The summed E-state index contributed by atoms with van der Waals surface area (Å²) in [6.07, 6.45) is -0.870. The number of carboxylic acids is 1. The number of β-lactam (4-membered cyclic amide) rings is 1. The predicted octanol–water partition coefficient (Wildman–Crippen LogP) is -1.23. The molecule has 3 rings (SSSR count). The number of aliphatic carboxylic acids is 1. The third-order valence-corrected chi connectivity index (χ3v) is 6.55. The summed E-state index contributed by atoms with van der Waals surface area (Å²) >= 11 is 2.28. The molecular weight excluding hydrogens is 372 g/mol. The van der Waals surface area contributed by atoms with Crippen LogP contribution in [0.25, 0.3) is 0 Å². The topological polar surface area (TPSA) is 146 Å². The first-order valence-electron chi connectivity index (χ1n) is 7.16. The Bertz CT molecular complexity index is 905. The van der Waals surface area contributed by atoms with Gasteiger partial charge in [-0.1, -0.05) is 11.8 Å². The Morgan fingerprint density at radius 2 is 2.12 bits per heavy atom. The highest BCUT2D eigenvalue weighted by Crippen LogP contribution is 2.51. The molecule has 0 spiro atoms. The zero-order valence-electron chi connectivity index (χ0n) is 13.1. The van der Waals surface area contributed by atoms with Crippen molar-refractivity contribution in [3.63, 3.8) is 0 Å². The fourth-order valence-corrected chi connectivity index (χ4v) is 5.30. The van der Waals surface area contributed by atoms with Gasteiger partial charge in [0.25, 0.3) is 0 Å². The fraction of sp³-hybridized carbons (Fsp3) is 0.462. The number of rotatable bonds is 5. The van der Waals surface area contributed by atoms with Crippen LogP contribution in [-0.2, 0) is 16.6 Å². The smallest absolute Gasteiger partial charge is 0.353 e. The zero-order chi connectivity index (χ0) is 18.5. The molecule has 0 bridgehead atoms. The van der Waals surface area contributed by atoms with Gasteiger partial charge >= 0.3 is 17.1 Å². The molecule has 3 N–H and O–H groups in total. The lowest BCUT2D eigenvalue weighted by molar-refractivity contribution is -0.156. The summed E-state index contributed by atoms with van der Waals surface area (Å²) < 4.78 is 1.07. The second-order valence-corrected chi connectivity index (χ2v) is 7.70. The largest absolute Gasteiger partial charge is 0.477 e. The van der Waals surface area contributed by atoms with E-state index in [0.717, 1.165) is 16.3 Å². The average Bonchev–Trinajstić information content (AvgIpc) is 2.86. The third-order valence-electron chi connectivity index (χ3n) is 3.95. The molecule has 0 radical (unpaired) electrons. The van der Waals surface area contributed by atoms with Gasteiger partial charge in [-0.25, -0.2) is 9.89 Å². The Morgan fingerprint density at radius 3 is 2.72 bits per heavy atom. The summed E-state index contributed by atoms with van der Waals surface area (Å²) in [4.78, 5) is 48.1. The molecule has 1 aromatic heterocycles. The third kappa shape index (κ3) is 2.79. The molecule has 2 aliphatic heterocycles. The molecule has 1 aromatic rings. The van der Waals surface area contributed by atoms with E-state index in [0.29, 0.717) is 4.91 Å². The van der Waals surface area contributed by atoms with Gasteiger partial charge in [0.2, 0.25) is 5.91 Å². The summed E-state index contributed by atoms with van der Waals surface area (Å²) in [6.45, 7) is 1.49. The molecule has 3 heterocycles. The Morgan fingerprint density at radius 1 is 1.44 bits per heavy atom. The Balaban J connectivity index is 1.84. The van der Waals surface area contributed by atoms with Gasteiger partial charge in [0.15, 0.2) is 5.16 Å². The van der Waals surface area contributed by atoms with Gasteiger partial charge in [-0.3, -0.25) is 23.9 Å². The first kappa shape index (κ1) is 17.8. The summed E-state index contributed by atoms with van der Waals surface area (Å²) in [5.74, 6) is -2.13. The first-order chi connectivity index (χ1) is 11.7. The van der Waals surface area contributed by atoms with Gasteiger partial charge in [-0.05, 0) is 6.92 Å². The van der Waals surface area contributed by atoms with Crippen LogP contribution in [0.15, 0.2) is 25.3 Å². The number of aliphatic hydroxyl groups is 1. The van der Waals surface area contributed by atoms with Gasteiger partial charge in [0, 0.05) is 17.7 Å². The highest BCUT2D eigenvalue weighted by atomic mass is 32.2. The monoisotopic (exact) mass is 386 g/mol. The van der Waals surface area contributed by atoms with Crippen molar-refractivity contribution in [1.82, 2.24) is 19.7 Å². The molecule has 10 nitrogen and oxygen atoms in total. The Labute approximate surface area is 148 Å². The molecule has 12 heteroatoms. The second kappa shape index (κ2) is 6.35. The number of carbonyl (C=O) groups is 2. The quantitative estimate of drug-likeness (QED) is 0.321. The van der Waals surface area contributed by atoms with Crippen molar-refractivity contribution in [2.75, 3.05) is 5.75 Å². The summed E-state index contributed by atoms with van der Waals surface area (Å²) in [5, 5.41) is 24.7. The van der Waals surface area contributed by atoms with Gasteiger partial charge in [0.1, 0.15) is 11.1 Å². The highest BCUT2D eigenvalue weighted by Gasteiger charge is 2.57. The SMILES string of the molecule is C[C@@H](O)[C@H]1C(=O)N2C(C(=O)O)=C(CSc3n[nH]c(=O)c(=O)n3C)S[C@H]12. The number of nitrogens with one attached hydrogen (secondary N) is 1. The number of fused-ring (bicyclic) bond motifs is 1. The maximum atomic E-state index is 12.1. The van der Waals surface area contributed by atoms with Crippen LogP contribution in [-0.4, -0.2) is 59.0 Å². The number of aromatic amines is 1. The molecule has 2 aliphatic rings. The molecule has 0 aromatic carbocycles. The highest BCUT2D eigenvalue weighted by molar-refractivity contribution is 8.06. The number of carboxylic acid groups (broad SMARTS) is 1. The standard InChI is InChI=1S/C13H14N4O6S2/c1-4(18)6-9(20)17-7(12(22)23)5(25-11(6)17)3-24-13-15-14-8(19)10(21)16(13)2/h4,6,11,18H,3H2,1-2H3,(H,14,19)(H,22,23)/t4-,6+,11-/m1/s1. The predicted molar refractivity (Wildman–Crippen MR) is 88.9 cm³/mol. The number of thioether (sulfide) groups is 2. The van der Waals surface area contributed by atoms with Crippen LogP contribution < -0.4 is 11.1 Å². The Hall–Kier alpha value is -2.05. The maximum absolute atomic E-state index is 12.1. The maximum Gasteiger partial charge on any atom is 0.353 e. The van der Waals surface area contributed by atoms with E-state index >= 15 is 0 Å². The lowest BCUT2D eigenvalue weighted by Gasteiger charge is -2.43. The van der Waals surface area contributed by atoms with Gasteiger partial charge < -0.3 is 10.2 Å². The fourth-order valence-electron chi connectivity index (χ4n) is 2.67. The first-order valence-corrected chi connectivity index (χ1v) is 9.03. The van der Waals surface area contributed by atoms with Crippen molar-refractivity contribution in [3.8, 4) is 0 Å². The molecule has 1 saturated heterocycles. The van der Waals surface area contributed by atoms with E-state index in [-0.39, 0.29) is 16.6 Å². The summed E-state index contributed by atoms with van der Waals surface area (Å²) in [7, 11) is 1.39. The van der Waals surface area contributed by atoms with Crippen LogP contribution in [0.1, 0.15) is 6.92 Å². The van der Waals surface area contributed by atoms with E-state index in [4.69, 9.17) is 0 Å². The van der Waals surface area contributed by atoms with E-state index in [1.165, 1.54) is 30.6 Å². The number of hydrogen-bond acceptors (Lipinski definition) is 8. The molecule has 0 saturated carbocycles. The van der Waals surface area contributed by atoms with E-state index in [1.54, 1.807) is 0 Å². The normalized spacial score (nSPS) is 23.5. The van der Waals surface area contributed by atoms with Gasteiger partial charge in [-0.15, -0.1) is 16.9 Å². The van der Waals surface area contributed by atoms with Crippen LogP contribution in [0.5, 0.6) is 0 Å². The minimum Gasteiger partial charge on any atom is -0.477 e. The number of aliphatic hydroxyl groups excluding tert-OH is 1. The lowest BCUT2D eigenvalue weighted by Crippen LogP contribution is -2.60. The van der Waals surface area contributed by atoms with Crippen LogP contribution in [0.4, 0.5) is 0 Å². The van der Waals surface area contributed by atoms with Crippen molar-refractivity contribution < 1.29 is 19.8 Å². The number of H-pyrrole nitrogens is 1. The van der Waals surface area contributed by atoms with Gasteiger partial charge in [0.05, 0.1) is 12.0 Å². The second-order valence-electron chi connectivity index (χ2n) is 5.55. The molecule has 3 atom stereocenters. The minimum atomic E-state index is -1.23. The van der Waals surface area contributed by atoms with Crippen LogP contribution in [0.2, 0.25) is 0 Å². The van der Waals surface area contributed by atoms with E-state index in [9.17, 15) is 29.4 Å². The summed E-state index contributed by atoms with van der Waals surface area (Å²) in [6, 6.07) is 0. The van der Waals surface area contributed by atoms with E-state index < -0.39 is 40.4 Å². The summed E-state index contributed by atoms with van der Waals surface area (Å²) in [5.41, 5.74) is -1.72. The molecule has 0 aliphatic carbocycles. The average molecular weight is 386 g/mol. The van der Waals surface area contributed by atoms with Crippen LogP contribution in [0.3, 0.4) is 0 Å². The van der Waals surface area contributed by atoms with Gasteiger partial charge in [-0.2, -0.15) is 0 Å². The van der Waals surface area contributed by atoms with E-state index in [1.807, 2.05) is 0 Å². The number of carbonyl (C=O) groups excluding carboxylic acids is 1. The van der Waals surface area contributed by atoms with Crippen molar-refractivity contribution in [2.24, 2.45) is 13.0 Å². The minimum absolute atomic E-state index is 0.112. The van der Waals surface area contributed by atoms with Crippen LogP contribution in [0, 0.1) is 5.92 Å². The molecule has 25 heavy (non-hydrogen) atoms. The molecule has 134 valence electrons. The molecule has 1 fully saturated rings. The van der Waals surface area contributed by atoms with Crippen molar-refractivity contribution in [3.05, 3.63) is 31.3 Å².